The minimum Gasteiger partial charge on any atom is -0.462 e. The first-order valence-electron chi connectivity index (χ1n) is 8.15. The Kier molecular flexibility index (Phi) is 11.9. The van der Waals surface area contributed by atoms with Crippen molar-refractivity contribution in [3.63, 3.8) is 0 Å². The molecule has 0 N–H and O–H groups in total. The Bertz CT molecular complexity index is 294. The Morgan fingerprint density at radius 2 is 1.73 bits per heavy atom. The molecule has 0 radical (unpaired) electrons. The smallest absolute Gasteiger partial charge is 0.389 e. The Morgan fingerprint density at radius 1 is 1.09 bits per heavy atom. The number of unbranched alkanes of at least 4 members (excludes halogenated alkanes) is 4. The highest BCUT2D eigenvalue weighted by Crippen LogP contribution is 2.24. The maximum Gasteiger partial charge on any atom is 0.389 e. The molecule has 0 aliphatic rings. The lowest BCUT2D eigenvalue weighted by atomic mass is 10.1. The van der Waals surface area contributed by atoms with E-state index in [9.17, 15) is 18.0 Å². The molecule has 132 valence electrons. The second-order valence-electron chi connectivity index (χ2n) is 5.77. The third-order valence-electron chi connectivity index (χ3n) is 3.11. The van der Waals surface area contributed by atoms with Gasteiger partial charge >= 0.3 is 12.1 Å². The average molecular weight is 342 g/mol. The van der Waals surface area contributed by atoms with E-state index in [1.165, 1.54) is 0 Å². The first kappa shape index (κ1) is 21.6. The number of esters is 1. The summed E-state index contributed by atoms with van der Waals surface area (Å²) in [7, 11) is 0. The minimum atomic E-state index is -4.04. The van der Waals surface area contributed by atoms with E-state index in [4.69, 9.17) is 4.74 Å². The Hall–Kier alpha value is -0.390. The number of hydrogen-bond donors (Lipinski definition) is 0. The molecule has 0 aliphatic heterocycles. The molecule has 0 aromatic rings. The highest BCUT2D eigenvalue weighted by atomic mass is 32.2. The molecule has 0 aromatic heterocycles. The summed E-state index contributed by atoms with van der Waals surface area (Å²) in [5.74, 6) is 0.638. The SMILES string of the molecule is CCCCC(SCCCCCCC(F)(F)F)C(=O)OC(C)C. The van der Waals surface area contributed by atoms with Gasteiger partial charge in [0.15, 0.2) is 0 Å². The number of thioether (sulfide) groups is 1. The number of alkyl halides is 3. The third-order valence-corrected chi connectivity index (χ3v) is 4.46. The van der Waals surface area contributed by atoms with Crippen molar-refractivity contribution in [1.82, 2.24) is 0 Å². The monoisotopic (exact) mass is 342 g/mol. The zero-order valence-corrected chi connectivity index (χ0v) is 14.7. The van der Waals surface area contributed by atoms with Crippen LogP contribution >= 0.6 is 11.8 Å². The molecular weight excluding hydrogens is 313 g/mol. The van der Waals surface area contributed by atoms with E-state index in [1.807, 2.05) is 13.8 Å². The number of carbonyl (C=O) groups is 1. The Balaban J connectivity index is 3.86. The fourth-order valence-corrected chi connectivity index (χ4v) is 3.15. The summed E-state index contributed by atoms with van der Waals surface area (Å²) in [6.45, 7) is 5.75. The van der Waals surface area contributed by atoms with Gasteiger partial charge in [-0.15, -0.1) is 11.8 Å². The van der Waals surface area contributed by atoms with E-state index < -0.39 is 12.6 Å². The molecule has 0 rings (SSSR count). The molecule has 6 heteroatoms. The van der Waals surface area contributed by atoms with Crippen LogP contribution in [0.2, 0.25) is 0 Å². The second kappa shape index (κ2) is 12.1. The highest BCUT2D eigenvalue weighted by Gasteiger charge is 2.25. The van der Waals surface area contributed by atoms with Gasteiger partial charge in [-0.1, -0.05) is 32.6 Å². The van der Waals surface area contributed by atoms with Crippen molar-refractivity contribution in [2.75, 3.05) is 5.75 Å². The minimum absolute atomic E-state index is 0.111. The van der Waals surface area contributed by atoms with Gasteiger partial charge in [0.2, 0.25) is 0 Å². The fraction of sp³-hybridized carbons (Fsp3) is 0.938. The van der Waals surface area contributed by atoms with Crippen LogP contribution in [0.3, 0.4) is 0 Å². The van der Waals surface area contributed by atoms with Crippen LogP contribution in [0.1, 0.15) is 72.1 Å². The molecular formula is C16H29F3O2S. The summed E-state index contributed by atoms with van der Waals surface area (Å²) in [6.07, 6.45) is 0.392. The van der Waals surface area contributed by atoms with Crippen LogP contribution in [0, 0.1) is 0 Å². The van der Waals surface area contributed by atoms with Crippen molar-refractivity contribution in [3.05, 3.63) is 0 Å². The predicted molar refractivity (Wildman–Crippen MR) is 86.1 cm³/mol. The maximum atomic E-state index is 12.0. The van der Waals surface area contributed by atoms with Crippen LogP contribution < -0.4 is 0 Å². The fourth-order valence-electron chi connectivity index (χ4n) is 1.97. The molecule has 1 atom stereocenters. The summed E-state index contributed by atoms with van der Waals surface area (Å²) in [4.78, 5) is 12.0. The van der Waals surface area contributed by atoms with Gasteiger partial charge in [-0.05, 0) is 38.9 Å². The van der Waals surface area contributed by atoms with Crippen molar-refractivity contribution < 1.29 is 22.7 Å². The number of halogens is 3. The van der Waals surface area contributed by atoms with Gasteiger partial charge in [0.05, 0.1) is 6.10 Å². The lowest BCUT2D eigenvalue weighted by Crippen LogP contribution is -2.23. The van der Waals surface area contributed by atoms with Crippen LogP contribution in [0.5, 0.6) is 0 Å². The molecule has 0 saturated heterocycles. The van der Waals surface area contributed by atoms with Gasteiger partial charge in [-0.2, -0.15) is 13.2 Å². The first-order valence-corrected chi connectivity index (χ1v) is 9.20. The standard InChI is InChI=1S/C16H29F3O2S/c1-4-5-10-14(15(20)21-13(2)3)22-12-9-7-6-8-11-16(17,18)19/h13-14H,4-12H2,1-3H3. The lowest BCUT2D eigenvalue weighted by Gasteiger charge is -2.17. The highest BCUT2D eigenvalue weighted by molar-refractivity contribution is 8.00. The number of ether oxygens (including phenoxy) is 1. The molecule has 2 nitrogen and oxygen atoms in total. The largest absolute Gasteiger partial charge is 0.462 e. The van der Waals surface area contributed by atoms with Gasteiger partial charge in [0.25, 0.3) is 0 Å². The molecule has 0 saturated carbocycles. The Labute approximate surface area is 136 Å². The topological polar surface area (TPSA) is 26.3 Å². The molecule has 0 bridgehead atoms. The number of carbonyl (C=O) groups excluding carboxylic acids is 1. The van der Waals surface area contributed by atoms with Gasteiger partial charge < -0.3 is 4.74 Å². The lowest BCUT2D eigenvalue weighted by molar-refractivity contribution is -0.146. The predicted octanol–water partition coefficient (Wildman–Crippen LogP) is 5.74. The van der Waals surface area contributed by atoms with Crippen LogP contribution in [0.4, 0.5) is 13.2 Å². The molecule has 0 aliphatic carbocycles. The summed E-state index contributed by atoms with van der Waals surface area (Å²) in [5, 5.41) is -0.141. The molecule has 0 aromatic carbocycles. The summed E-state index contributed by atoms with van der Waals surface area (Å²) >= 11 is 1.58. The summed E-state index contributed by atoms with van der Waals surface area (Å²) < 4.78 is 41.2. The van der Waals surface area contributed by atoms with Gasteiger partial charge in [-0.3, -0.25) is 4.79 Å². The van der Waals surface area contributed by atoms with Crippen LogP contribution in [-0.4, -0.2) is 29.3 Å². The third kappa shape index (κ3) is 13.3. The number of rotatable bonds is 12. The van der Waals surface area contributed by atoms with Crippen LogP contribution in [0.25, 0.3) is 0 Å². The zero-order chi connectivity index (χ0) is 17.0. The molecule has 22 heavy (non-hydrogen) atoms. The zero-order valence-electron chi connectivity index (χ0n) is 13.9. The van der Waals surface area contributed by atoms with E-state index in [-0.39, 0.29) is 23.7 Å². The van der Waals surface area contributed by atoms with Crippen LogP contribution in [0.15, 0.2) is 0 Å². The molecule has 0 amide bonds. The summed E-state index contributed by atoms with van der Waals surface area (Å²) in [6, 6.07) is 0. The molecule has 0 spiro atoms. The van der Waals surface area contributed by atoms with Crippen molar-refractivity contribution in [1.29, 1.82) is 0 Å². The second-order valence-corrected chi connectivity index (χ2v) is 7.08. The van der Waals surface area contributed by atoms with Crippen LogP contribution in [-0.2, 0) is 9.53 Å². The number of hydrogen-bond acceptors (Lipinski definition) is 3. The maximum absolute atomic E-state index is 12.0. The molecule has 0 fully saturated rings. The van der Waals surface area contributed by atoms with Gasteiger partial charge in [-0.25, -0.2) is 0 Å². The van der Waals surface area contributed by atoms with Crippen molar-refractivity contribution in [2.24, 2.45) is 0 Å². The van der Waals surface area contributed by atoms with E-state index in [0.717, 1.165) is 37.9 Å². The van der Waals surface area contributed by atoms with Gasteiger partial charge in [0, 0.05) is 6.42 Å². The molecule has 0 heterocycles. The summed E-state index contributed by atoms with van der Waals surface area (Å²) in [5.41, 5.74) is 0. The quantitative estimate of drug-likeness (QED) is 0.334. The van der Waals surface area contributed by atoms with E-state index in [1.54, 1.807) is 11.8 Å². The van der Waals surface area contributed by atoms with E-state index in [2.05, 4.69) is 6.92 Å². The Morgan fingerprint density at radius 3 is 2.27 bits per heavy atom. The van der Waals surface area contributed by atoms with Gasteiger partial charge in [0.1, 0.15) is 5.25 Å². The van der Waals surface area contributed by atoms with Crippen molar-refractivity contribution >= 4 is 17.7 Å². The average Bonchev–Trinajstić information content (AvgIpc) is 2.38. The van der Waals surface area contributed by atoms with Crippen molar-refractivity contribution in [2.45, 2.75) is 89.7 Å². The van der Waals surface area contributed by atoms with Crippen molar-refractivity contribution in [3.8, 4) is 0 Å². The van der Waals surface area contributed by atoms with E-state index >= 15 is 0 Å². The van der Waals surface area contributed by atoms with E-state index in [0.29, 0.717) is 6.42 Å². The first-order chi connectivity index (χ1) is 10.3. The normalized spacial score (nSPS) is 13.4. The molecule has 1 unspecified atom stereocenters.